The van der Waals surface area contributed by atoms with E-state index in [2.05, 4.69) is 0 Å². The molecule has 37 heavy (non-hydrogen) atoms. The lowest BCUT2D eigenvalue weighted by Gasteiger charge is -2.27. The van der Waals surface area contributed by atoms with Gasteiger partial charge in [0.05, 0.1) is 45.6 Å². The zero-order valence-corrected chi connectivity index (χ0v) is 21.0. The minimum absolute atomic E-state index is 0.0669. The molecule has 1 fully saturated rings. The molecule has 0 saturated carbocycles. The Labute approximate surface area is 213 Å². The van der Waals surface area contributed by atoms with Crippen molar-refractivity contribution in [2.24, 2.45) is 0 Å². The Hall–Kier alpha value is -4.53. The van der Waals surface area contributed by atoms with E-state index in [1.165, 1.54) is 39.4 Å². The molecule has 0 aromatic heterocycles. The van der Waals surface area contributed by atoms with Gasteiger partial charge in [0.1, 0.15) is 17.3 Å². The number of amides is 1. The highest BCUT2D eigenvalue weighted by Crippen LogP contribution is 2.48. The van der Waals surface area contributed by atoms with Gasteiger partial charge in [-0.3, -0.25) is 14.5 Å². The lowest BCUT2D eigenvalue weighted by Crippen LogP contribution is -2.30. The van der Waals surface area contributed by atoms with E-state index in [-0.39, 0.29) is 28.4 Å². The van der Waals surface area contributed by atoms with Gasteiger partial charge in [0.25, 0.3) is 11.7 Å². The predicted octanol–water partition coefficient (Wildman–Crippen LogP) is 4.79. The topological polar surface area (TPSA) is 94.5 Å². The number of nitrogens with zero attached hydrogens (tertiary/aromatic N) is 1. The van der Waals surface area contributed by atoms with Crippen LogP contribution in [0.5, 0.6) is 23.0 Å². The molecule has 1 heterocycles. The van der Waals surface area contributed by atoms with Crippen LogP contribution in [0, 0.1) is 12.7 Å². The minimum atomic E-state index is -1.11. The van der Waals surface area contributed by atoms with Gasteiger partial charge in [0.15, 0.2) is 11.5 Å². The smallest absolute Gasteiger partial charge is 0.300 e. The molecule has 4 rings (SSSR count). The number of halogens is 1. The first-order chi connectivity index (χ1) is 17.8. The average Bonchev–Trinajstić information content (AvgIpc) is 3.17. The summed E-state index contributed by atoms with van der Waals surface area (Å²) in [6.45, 7) is 1.80. The highest BCUT2D eigenvalue weighted by Gasteiger charge is 2.48. The molecule has 3 aromatic rings. The van der Waals surface area contributed by atoms with E-state index in [1.54, 1.807) is 37.3 Å². The minimum Gasteiger partial charge on any atom is -0.507 e. The van der Waals surface area contributed by atoms with E-state index >= 15 is 0 Å². The first-order valence-corrected chi connectivity index (χ1v) is 11.3. The number of ketones is 1. The van der Waals surface area contributed by atoms with Crippen molar-refractivity contribution in [2.75, 3.05) is 33.3 Å². The number of benzene rings is 3. The molecule has 0 aliphatic carbocycles. The monoisotopic (exact) mass is 507 g/mol. The molecule has 1 saturated heterocycles. The maximum Gasteiger partial charge on any atom is 0.300 e. The van der Waals surface area contributed by atoms with Crippen LogP contribution in [0.1, 0.15) is 22.7 Å². The fraction of sp³-hybridized carbons (Fsp3) is 0.214. The van der Waals surface area contributed by atoms with Crippen LogP contribution >= 0.6 is 0 Å². The van der Waals surface area contributed by atoms with Gasteiger partial charge in [0.2, 0.25) is 5.75 Å². The van der Waals surface area contributed by atoms with Crippen molar-refractivity contribution in [3.63, 3.8) is 0 Å². The fourth-order valence-corrected chi connectivity index (χ4v) is 4.50. The molecule has 0 spiro atoms. The molecule has 0 bridgehead atoms. The third-order valence-corrected chi connectivity index (χ3v) is 6.24. The quantitative estimate of drug-likeness (QED) is 0.279. The van der Waals surface area contributed by atoms with Crippen molar-refractivity contribution in [3.05, 3.63) is 82.7 Å². The van der Waals surface area contributed by atoms with E-state index in [1.807, 2.05) is 6.07 Å². The molecule has 8 nitrogen and oxygen atoms in total. The number of hydrogen-bond acceptors (Lipinski definition) is 7. The fourth-order valence-electron chi connectivity index (χ4n) is 4.50. The van der Waals surface area contributed by atoms with E-state index in [0.29, 0.717) is 17.0 Å². The van der Waals surface area contributed by atoms with Crippen LogP contribution in [0.3, 0.4) is 0 Å². The van der Waals surface area contributed by atoms with Crippen molar-refractivity contribution >= 4 is 23.1 Å². The van der Waals surface area contributed by atoms with Gasteiger partial charge in [-0.05, 0) is 54.4 Å². The Bertz CT molecular complexity index is 1390. The molecular formula is C28H26FNO7. The third kappa shape index (κ3) is 4.33. The van der Waals surface area contributed by atoms with Crippen LogP contribution in [-0.4, -0.2) is 45.2 Å². The molecule has 1 aliphatic heterocycles. The van der Waals surface area contributed by atoms with Crippen LogP contribution in [0.15, 0.2) is 60.2 Å². The zero-order chi connectivity index (χ0) is 26.9. The van der Waals surface area contributed by atoms with Crippen LogP contribution in [-0.2, 0) is 9.59 Å². The van der Waals surface area contributed by atoms with Crippen molar-refractivity contribution in [1.29, 1.82) is 0 Å². The van der Waals surface area contributed by atoms with Crippen molar-refractivity contribution in [3.8, 4) is 23.0 Å². The Morgan fingerprint density at radius 3 is 2.05 bits per heavy atom. The van der Waals surface area contributed by atoms with Gasteiger partial charge in [0, 0.05) is 5.69 Å². The molecule has 0 radical (unpaired) electrons. The van der Waals surface area contributed by atoms with Gasteiger partial charge < -0.3 is 24.1 Å². The summed E-state index contributed by atoms with van der Waals surface area (Å²) >= 11 is 0. The number of aliphatic hydroxyl groups excluding tert-OH is 1. The van der Waals surface area contributed by atoms with Crippen LogP contribution in [0.25, 0.3) is 5.76 Å². The second-order valence-electron chi connectivity index (χ2n) is 8.26. The summed E-state index contributed by atoms with van der Waals surface area (Å²) in [4.78, 5) is 28.3. The maximum absolute atomic E-state index is 14.2. The second kappa shape index (κ2) is 10.2. The lowest BCUT2D eigenvalue weighted by molar-refractivity contribution is -0.132. The normalized spacial score (nSPS) is 16.6. The number of aryl methyl sites for hydroxylation is 1. The molecule has 1 amide bonds. The van der Waals surface area contributed by atoms with E-state index in [0.717, 1.165) is 17.7 Å². The Balaban J connectivity index is 2.07. The number of para-hydroxylation sites is 1. The van der Waals surface area contributed by atoms with E-state index < -0.39 is 29.3 Å². The molecule has 192 valence electrons. The maximum atomic E-state index is 14.2. The van der Waals surface area contributed by atoms with Crippen molar-refractivity contribution < 1.29 is 38.0 Å². The lowest BCUT2D eigenvalue weighted by atomic mass is 9.94. The van der Waals surface area contributed by atoms with Gasteiger partial charge >= 0.3 is 0 Å². The second-order valence-corrected chi connectivity index (χ2v) is 8.26. The highest BCUT2D eigenvalue weighted by molar-refractivity contribution is 6.51. The number of carbonyl (C=O) groups excluding carboxylic acids is 2. The number of anilines is 1. The summed E-state index contributed by atoms with van der Waals surface area (Å²) in [5.74, 6) is -2.01. The van der Waals surface area contributed by atoms with Gasteiger partial charge in [-0.25, -0.2) is 4.39 Å². The van der Waals surface area contributed by atoms with Crippen LogP contribution < -0.4 is 23.8 Å². The highest BCUT2D eigenvalue weighted by atomic mass is 19.1. The first-order valence-electron chi connectivity index (χ1n) is 11.3. The number of hydrogen-bond donors (Lipinski definition) is 1. The Morgan fingerprint density at radius 2 is 1.49 bits per heavy atom. The summed E-state index contributed by atoms with van der Waals surface area (Å²) in [6.07, 6.45) is 0. The van der Waals surface area contributed by atoms with Crippen molar-refractivity contribution in [1.82, 2.24) is 0 Å². The van der Waals surface area contributed by atoms with Gasteiger partial charge in [-0.1, -0.05) is 18.2 Å². The number of Topliss-reactive ketones (excluding diaryl/α,β-unsaturated/α-hetero) is 1. The van der Waals surface area contributed by atoms with Crippen molar-refractivity contribution in [2.45, 2.75) is 13.0 Å². The SMILES string of the molecule is COc1ccc(F)cc1/C(O)=C1\C(=O)C(=O)N(c2ccccc2C)C1c1cc(OC)c(OC)c(OC)c1. The summed E-state index contributed by atoms with van der Waals surface area (Å²) < 4.78 is 35.9. The third-order valence-electron chi connectivity index (χ3n) is 6.24. The molecule has 9 heteroatoms. The van der Waals surface area contributed by atoms with Gasteiger partial charge in [-0.2, -0.15) is 0 Å². The molecule has 1 unspecified atom stereocenters. The summed E-state index contributed by atoms with van der Waals surface area (Å²) in [5.41, 5.74) is 1.28. The predicted molar refractivity (Wildman–Crippen MR) is 135 cm³/mol. The van der Waals surface area contributed by atoms with Gasteiger partial charge in [-0.15, -0.1) is 0 Å². The Morgan fingerprint density at radius 1 is 0.865 bits per heavy atom. The first kappa shape index (κ1) is 25.6. The largest absolute Gasteiger partial charge is 0.507 e. The summed E-state index contributed by atoms with van der Waals surface area (Å²) in [5, 5.41) is 11.4. The van der Waals surface area contributed by atoms with Crippen LogP contribution in [0.4, 0.5) is 10.1 Å². The average molecular weight is 508 g/mol. The van der Waals surface area contributed by atoms with Crippen LogP contribution in [0.2, 0.25) is 0 Å². The zero-order valence-electron chi connectivity index (χ0n) is 21.0. The molecule has 1 N–H and O–H groups in total. The number of carbonyl (C=O) groups is 2. The number of ether oxygens (including phenoxy) is 4. The number of methoxy groups -OCH3 is 4. The number of rotatable bonds is 7. The molecule has 1 aliphatic rings. The number of aliphatic hydroxyl groups is 1. The molecule has 1 atom stereocenters. The van der Waals surface area contributed by atoms with E-state index in [4.69, 9.17) is 18.9 Å². The summed E-state index contributed by atoms with van der Waals surface area (Å²) in [7, 11) is 5.69. The van der Waals surface area contributed by atoms with E-state index in [9.17, 15) is 19.1 Å². The molecular weight excluding hydrogens is 481 g/mol. The molecule has 3 aromatic carbocycles. The Kier molecular flexibility index (Phi) is 7.06. The summed E-state index contributed by atoms with van der Waals surface area (Å²) in [6, 6.07) is 12.7. The standard InChI is InChI=1S/C28H26FNO7/c1-15-8-6-7-9-19(15)30-24(16-12-21(35-3)27(37-5)22(13-16)36-4)23(26(32)28(30)33)25(31)18-14-17(29)10-11-20(18)34-2/h6-14,24,31H,1-5H3/b25-23+.